The molecule has 0 fully saturated rings. The number of aromatic hydroxyl groups is 1. The second kappa shape index (κ2) is 5.57. The number of fused-ring (bicyclic) bond motifs is 1. The maximum absolute atomic E-state index is 12.5. The molecule has 0 unspecified atom stereocenters. The number of carbonyl (C=O) groups excluding carboxylic acids is 1. The molecule has 2 aromatic heterocycles. The van der Waals surface area contributed by atoms with E-state index in [1.807, 2.05) is 0 Å². The molecule has 0 radical (unpaired) electrons. The molecular formula is C14H12N4O3S. The van der Waals surface area contributed by atoms with E-state index in [0.717, 1.165) is 0 Å². The van der Waals surface area contributed by atoms with Crippen LogP contribution in [0.5, 0.6) is 5.75 Å². The average Bonchev–Trinajstić information content (AvgIpc) is 2.97. The first-order chi connectivity index (χ1) is 10.5. The van der Waals surface area contributed by atoms with Gasteiger partial charge < -0.3 is 10.4 Å². The number of benzene rings is 1. The van der Waals surface area contributed by atoms with Crippen molar-refractivity contribution < 1.29 is 9.90 Å². The summed E-state index contributed by atoms with van der Waals surface area (Å²) in [7, 11) is 0. The first-order valence-corrected chi connectivity index (χ1v) is 7.32. The van der Waals surface area contributed by atoms with Crippen LogP contribution in [0.2, 0.25) is 0 Å². The molecule has 2 heterocycles. The first-order valence-electron chi connectivity index (χ1n) is 6.44. The quantitative estimate of drug-likeness (QED) is 0.763. The molecule has 0 aliphatic heterocycles. The number of thiazole rings is 1. The van der Waals surface area contributed by atoms with Gasteiger partial charge in [0.2, 0.25) is 5.91 Å². The van der Waals surface area contributed by atoms with E-state index in [4.69, 9.17) is 0 Å². The molecule has 7 nitrogen and oxygen atoms in total. The summed E-state index contributed by atoms with van der Waals surface area (Å²) in [5.74, 6) is 0.0490. The summed E-state index contributed by atoms with van der Waals surface area (Å²) in [6.45, 7) is 1.49. The largest absolute Gasteiger partial charge is 0.508 e. The first kappa shape index (κ1) is 14.2. The summed E-state index contributed by atoms with van der Waals surface area (Å²) < 4.78 is 1.27. The zero-order valence-corrected chi connectivity index (χ0v) is 12.4. The van der Waals surface area contributed by atoms with E-state index in [1.54, 1.807) is 24.6 Å². The van der Waals surface area contributed by atoms with Crippen molar-refractivity contribution in [3.63, 3.8) is 0 Å². The van der Waals surface area contributed by atoms with E-state index in [-0.39, 0.29) is 29.1 Å². The minimum Gasteiger partial charge on any atom is -0.508 e. The molecule has 1 aromatic carbocycles. The fourth-order valence-corrected chi connectivity index (χ4v) is 2.64. The molecule has 1 amide bonds. The molecule has 0 bridgehead atoms. The van der Waals surface area contributed by atoms with Crippen LogP contribution in [0.3, 0.4) is 0 Å². The monoisotopic (exact) mass is 316 g/mol. The Morgan fingerprint density at radius 1 is 1.45 bits per heavy atom. The van der Waals surface area contributed by atoms with Gasteiger partial charge in [-0.2, -0.15) is 0 Å². The second-order valence-corrected chi connectivity index (χ2v) is 5.53. The summed E-state index contributed by atoms with van der Waals surface area (Å²) in [5.41, 5.74) is 0.115. The molecule has 22 heavy (non-hydrogen) atoms. The summed E-state index contributed by atoms with van der Waals surface area (Å²) >= 11 is 1.30. The molecule has 3 rings (SSSR count). The molecule has 0 saturated carbocycles. The molecule has 112 valence electrons. The molecular weight excluding hydrogens is 304 g/mol. The van der Waals surface area contributed by atoms with Crippen molar-refractivity contribution in [3.8, 4) is 5.75 Å². The highest BCUT2D eigenvalue weighted by Crippen LogP contribution is 2.15. The fraction of sp³-hybridized carbons (Fsp3) is 0.143. The zero-order valence-electron chi connectivity index (χ0n) is 11.6. The normalized spacial score (nSPS) is 10.8. The van der Waals surface area contributed by atoms with Gasteiger partial charge in [0.1, 0.15) is 18.1 Å². The van der Waals surface area contributed by atoms with E-state index in [1.165, 1.54) is 28.0 Å². The number of aryl methyl sites for hydroxylation is 1. The van der Waals surface area contributed by atoms with Crippen LogP contribution >= 0.6 is 11.3 Å². The Balaban J connectivity index is 1.96. The molecule has 0 aliphatic rings. The van der Waals surface area contributed by atoms with Crippen LogP contribution in [-0.4, -0.2) is 25.5 Å². The predicted octanol–water partition coefficient (Wildman–Crippen LogP) is 1.51. The topological polar surface area (TPSA) is 97.1 Å². The van der Waals surface area contributed by atoms with Crippen molar-refractivity contribution in [2.45, 2.75) is 13.5 Å². The lowest BCUT2D eigenvalue weighted by Gasteiger charge is -2.10. The van der Waals surface area contributed by atoms with Crippen LogP contribution < -0.4 is 10.9 Å². The van der Waals surface area contributed by atoms with Crippen molar-refractivity contribution in [1.29, 1.82) is 0 Å². The van der Waals surface area contributed by atoms with Crippen molar-refractivity contribution in [2.24, 2.45) is 0 Å². The number of nitrogens with zero attached hydrogens (tertiary/aromatic N) is 3. The smallest absolute Gasteiger partial charge is 0.261 e. The van der Waals surface area contributed by atoms with Gasteiger partial charge in [-0.15, -0.1) is 11.3 Å². The van der Waals surface area contributed by atoms with Gasteiger partial charge in [0.15, 0.2) is 5.13 Å². The second-order valence-electron chi connectivity index (χ2n) is 4.64. The number of hydrogen-bond acceptors (Lipinski definition) is 6. The molecule has 0 spiro atoms. The van der Waals surface area contributed by atoms with Crippen LogP contribution in [0, 0.1) is 6.92 Å². The Morgan fingerprint density at radius 2 is 2.27 bits per heavy atom. The summed E-state index contributed by atoms with van der Waals surface area (Å²) in [6.07, 6.45) is 1.58. The van der Waals surface area contributed by atoms with E-state index >= 15 is 0 Å². The van der Waals surface area contributed by atoms with E-state index in [9.17, 15) is 14.7 Å². The lowest BCUT2D eigenvalue weighted by molar-refractivity contribution is -0.116. The van der Waals surface area contributed by atoms with Crippen LogP contribution in [0.15, 0.2) is 34.6 Å². The third-order valence-corrected chi connectivity index (χ3v) is 3.80. The lowest BCUT2D eigenvalue weighted by atomic mass is 10.2. The Hall–Kier alpha value is -2.74. The number of rotatable bonds is 3. The van der Waals surface area contributed by atoms with E-state index < -0.39 is 0 Å². The summed E-state index contributed by atoms with van der Waals surface area (Å²) in [5, 5.41) is 14.6. The fourth-order valence-electron chi connectivity index (χ4n) is 2.09. The molecule has 0 atom stereocenters. The number of aromatic nitrogens is 3. The third kappa shape index (κ3) is 2.68. The molecule has 0 saturated heterocycles. The third-order valence-electron chi connectivity index (χ3n) is 3.11. The molecule has 2 N–H and O–H groups in total. The van der Waals surface area contributed by atoms with E-state index in [0.29, 0.717) is 16.5 Å². The van der Waals surface area contributed by atoms with Crippen LogP contribution in [0.1, 0.15) is 5.82 Å². The number of phenolic OH excluding ortho intramolecular Hbond substituents is 1. The highest BCUT2D eigenvalue weighted by Gasteiger charge is 2.12. The maximum Gasteiger partial charge on any atom is 0.261 e. The Kier molecular flexibility index (Phi) is 3.60. The van der Waals surface area contributed by atoms with Crippen LogP contribution in [0.25, 0.3) is 10.9 Å². The highest BCUT2D eigenvalue weighted by atomic mass is 32.1. The van der Waals surface area contributed by atoms with Gasteiger partial charge in [0.25, 0.3) is 5.56 Å². The minimum absolute atomic E-state index is 0.0194. The van der Waals surface area contributed by atoms with E-state index in [2.05, 4.69) is 15.3 Å². The lowest BCUT2D eigenvalue weighted by Crippen LogP contribution is -2.30. The summed E-state index contributed by atoms with van der Waals surface area (Å²) in [4.78, 5) is 32.7. The Bertz CT molecular complexity index is 902. The molecule has 8 heteroatoms. The SMILES string of the molecule is Cc1nc2ccc(O)cc2c(=O)n1CC(=O)Nc1nccs1. The van der Waals surface area contributed by atoms with Gasteiger partial charge in [0, 0.05) is 11.6 Å². The maximum atomic E-state index is 12.5. The zero-order chi connectivity index (χ0) is 15.7. The van der Waals surface area contributed by atoms with Crippen LogP contribution in [-0.2, 0) is 11.3 Å². The predicted molar refractivity (Wildman–Crippen MR) is 83.1 cm³/mol. The minimum atomic E-state index is -0.368. The average molecular weight is 316 g/mol. The van der Waals surface area contributed by atoms with Crippen molar-refractivity contribution >= 4 is 33.3 Å². The standard InChI is InChI=1S/C14H12N4O3S/c1-8-16-11-3-2-9(19)6-10(11)13(21)18(8)7-12(20)17-14-15-4-5-22-14/h2-6,19H,7H2,1H3,(H,15,17,20). The van der Waals surface area contributed by atoms with Gasteiger partial charge in [-0.3, -0.25) is 14.2 Å². The Labute approximate surface area is 128 Å². The molecule has 0 aliphatic carbocycles. The van der Waals surface area contributed by atoms with Gasteiger partial charge in [-0.25, -0.2) is 9.97 Å². The number of nitrogens with one attached hydrogen (secondary N) is 1. The van der Waals surface area contributed by atoms with Gasteiger partial charge >= 0.3 is 0 Å². The van der Waals surface area contributed by atoms with Gasteiger partial charge in [-0.1, -0.05) is 0 Å². The van der Waals surface area contributed by atoms with Crippen molar-refractivity contribution in [2.75, 3.05) is 5.32 Å². The molecule has 3 aromatic rings. The number of amides is 1. The number of hydrogen-bond donors (Lipinski definition) is 2. The number of carbonyl (C=O) groups is 1. The van der Waals surface area contributed by atoms with Gasteiger partial charge in [0.05, 0.1) is 10.9 Å². The number of anilines is 1. The Morgan fingerprint density at radius 3 is 3.00 bits per heavy atom. The van der Waals surface area contributed by atoms with Crippen molar-refractivity contribution in [1.82, 2.24) is 14.5 Å². The van der Waals surface area contributed by atoms with Crippen LogP contribution in [0.4, 0.5) is 5.13 Å². The number of phenols is 1. The van der Waals surface area contributed by atoms with Gasteiger partial charge in [-0.05, 0) is 25.1 Å². The van der Waals surface area contributed by atoms with Crippen molar-refractivity contribution in [3.05, 3.63) is 46.0 Å². The highest BCUT2D eigenvalue weighted by molar-refractivity contribution is 7.13. The summed E-state index contributed by atoms with van der Waals surface area (Å²) in [6, 6.07) is 4.38.